The number of aromatic amines is 2. The molecule has 0 aliphatic carbocycles. The molecule has 0 unspecified atom stereocenters. The van der Waals surface area contributed by atoms with Crippen molar-refractivity contribution in [3.63, 3.8) is 0 Å². The summed E-state index contributed by atoms with van der Waals surface area (Å²) in [7, 11) is 1.49. The predicted octanol–water partition coefficient (Wildman–Crippen LogP) is 2.25. The minimum atomic E-state index is -0.784. The van der Waals surface area contributed by atoms with Gasteiger partial charge in [-0.1, -0.05) is 12.1 Å². The number of carbonyl (C=O) groups is 1. The van der Waals surface area contributed by atoms with Crippen molar-refractivity contribution in [3.05, 3.63) is 29.8 Å². The second-order valence-corrected chi connectivity index (χ2v) is 7.24. The number of benzene rings is 1. The Hall–Kier alpha value is -3.33. The smallest absolute Gasteiger partial charge is 0.259 e. The lowest BCUT2D eigenvalue weighted by Crippen LogP contribution is -2.46. The van der Waals surface area contributed by atoms with Crippen LogP contribution in [-0.4, -0.2) is 58.2 Å². The monoisotopic (exact) mass is 382 g/mol. The van der Waals surface area contributed by atoms with Gasteiger partial charge in [-0.2, -0.15) is 5.10 Å². The number of aliphatic hydroxyl groups excluding tert-OH is 1. The second-order valence-electron chi connectivity index (χ2n) is 7.24. The molecule has 1 amide bonds. The molecular formula is C19H22N6O3. The molecule has 1 aliphatic rings. The quantitative estimate of drug-likeness (QED) is 0.540. The van der Waals surface area contributed by atoms with Gasteiger partial charge in [0.05, 0.1) is 31.3 Å². The second kappa shape index (κ2) is 6.68. The molecule has 0 fully saturated rings. The number of ether oxygens (including phenoxy) is 1. The van der Waals surface area contributed by atoms with E-state index in [1.807, 2.05) is 29.2 Å². The predicted molar refractivity (Wildman–Crippen MR) is 107 cm³/mol. The highest BCUT2D eigenvalue weighted by Gasteiger charge is 2.33. The number of methoxy groups -OCH3 is 1. The summed E-state index contributed by atoms with van der Waals surface area (Å²) in [4.78, 5) is 22.4. The van der Waals surface area contributed by atoms with Crippen LogP contribution in [0.15, 0.2) is 29.3 Å². The van der Waals surface area contributed by atoms with Crippen LogP contribution in [0.2, 0.25) is 0 Å². The average Bonchev–Trinajstić information content (AvgIpc) is 3.28. The van der Waals surface area contributed by atoms with Crippen molar-refractivity contribution in [3.8, 4) is 5.88 Å². The number of anilines is 2. The Balaban J connectivity index is 1.85. The maximum Gasteiger partial charge on any atom is 0.259 e. The van der Waals surface area contributed by atoms with E-state index in [1.54, 1.807) is 20.1 Å². The first kappa shape index (κ1) is 18.1. The number of aromatic nitrogens is 3. The van der Waals surface area contributed by atoms with E-state index in [1.165, 1.54) is 7.11 Å². The Morgan fingerprint density at radius 1 is 1.39 bits per heavy atom. The van der Waals surface area contributed by atoms with Gasteiger partial charge in [0.1, 0.15) is 11.3 Å². The van der Waals surface area contributed by atoms with Crippen molar-refractivity contribution in [2.24, 2.45) is 4.99 Å². The molecule has 3 aromatic rings. The zero-order valence-corrected chi connectivity index (χ0v) is 15.9. The standard InChI is InChI=1S/C19H22N6O3/c1-19(2,10-26)22-17(27)13-14-15(21-18(13)28-3)20-8-9-25(14)16-11-6-4-5-7-12(11)23-24-16/h4-8,21,26H,9-10H2,1-3H3,(H,22,27)(H,23,24). The maximum absolute atomic E-state index is 13.1. The Kier molecular flexibility index (Phi) is 4.31. The van der Waals surface area contributed by atoms with Crippen LogP contribution in [0.4, 0.5) is 17.3 Å². The Bertz CT molecular complexity index is 1060. The van der Waals surface area contributed by atoms with Gasteiger partial charge in [0.2, 0.25) is 5.88 Å². The van der Waals surface area contributed by atoms with E-state index in [4.69, 9.17) is 4.74 Å². The summed E-state index contributed by atoms with van der Waals surface area (Å²) in [5, 5.41) is 20.8. The molecule has 28 heavy (non-hydrogen) atoms. The summed E-state index contributed by atoms with van der Waals surface area (Å²) in [5.41, 5.74) is 1.02. The molecule has 1 aromatic carbocycles. The summed E-state index contributed by atoms with van der Waals surface area (Å²) in [5.74, 6) is 1.15. The number of H-pyrrole nitrogens is 2. The molecule has 2 aromatic heterocycles. The van der Waals surface area contributed by atoms with Crippen LogP contribution in [0.1, 0.15) is 24.2 Å². The van der Waals surface area contributed by atoms with Crippen LogP contribution >= 0.6 is 0 Å². The Morgan fingerprint density at radius 2 is 2.18 bits per heavy atom. The molecular weight excluding hydrogens is 360 g/mol. The highest BCUT2D eigenvalue weighted by Crippen LogP contribution is 2.44. The fourth-order valence-electron chi connectivity index (χ4n) is 3.24. The number of para-hydroxylation sites is 1. The lowest BCUT2D eigenvalue weighted by atomic mass is 10.1. The van der Waals surface area contributed by atoms with E-state index in [-0.39, 0.29) is 12.5 Å². The number of carbonyl (C=O) groups excluding carboxylic acids is 1. The summed E-state index contributed by atoms with van der Waals surface area (Å²) >= 11 is 0. The molecule has 0 saturated heterocycles. The van der Waals surface area contributed by atoms with E-state index in [0.29, 0.717) is 35.3 Å². The fraction of sp³-hybridized carbons (Fsp3) is 0.316. The number of hydrogen-bond donors (Lipinski definition) is 4. The first-order valence-corrected chi connectivity index (χ1v) is 8.91. The molecule has 4 rings (SSSR count). The average molecular weight is 382 g/mol. The molecule has 0 radical (unpaired) electrons. The molecule has 1 aliphatic heterocycles. The molecule has 0 atom stereocenters. The SMILES string of the molecule is COc1[nH]c2c(c1C(=O)NC(C)(C)CO)N(c1n[nH]c3ccccc13)CC=N2. The van der Waals surface area contributed by atoms with Crippen LogP contribution in [0, 0.1) is 0 Å². The number of aliphatic hydroxyl groups is 1. The van der Waals surface area contributed by atoms with E-state index < -0.39 is 5.54 Å². The number of rotatable bonds is 5. The molecule has 0 saturated carbocycles. The van der Waals surface area contributed by atoms with Crippen molar-refractivity contribution in [1.82, 2.24) is 20.5 Å². The van der Waals surface area contributed by atoms with Crippen LogP contribution < -0.4 is 15.0 Å². The summed E-state index contributed by atoms with van der Waals surface area (Å²) in [6.07, 6.45) is 1.75. The number of fused-ring (bicyclic) bond motifs is 2. The van der Waals surface area contributed by atoms with Crippen molar-refractivity contribution in [2.75, 3.05) is 25.2 Å². The molecule has 146 valence electrons. The van der Waals surface area contributed by atoms with Crippen LogP contribution in [0.5, 0.6) is 5.88 Å². The van der Waals surface area contributed by atoms with Gasteiger partial charge >= 0.3 is 0 Å². The highest BCUT2D eigenvalue weighted by molar-refractivity contribution is 6.09. The lowest BCUT2D eigenvalue weighted by Gasteiger charge is -2.27. The van der Waals surface area contributed by atoms with Gasteiger partial charge in [-0.25, -0.2) is 4.99 Å². The third-order valence-corrected chi connectivity index (χ3v) is 4.66. The number of aliphatic imine (C=N–C) groups is 1. The van der Waals surface area contributed by atoms with Gasteiger partial charge in [-0.05, 0) is 26.0 Å². The van der Waals surface area contributed by atoms with E-state index >= 15 is 0 Å². The van der Waals surface area contributed by atoms with Crippen molar-refractivity contribution >= 4 is 40.3 Å². The zero-order chi connectivity index (χ0) is 19.9. The van der Waals surface area contributed by atoms with E-state index in [0.717, 1.165) is 10.9 Å². The van der Waals surface area contributed by atoms with Gasteiger partial charge in [0, 0.05) is 11.6 Å². The lowest BCUT2D eigenvalue weighted by molar-refractivity contribution is 0.0867. The first-order valence-electron chi connectivity index (χ1n) is 8.91. The van der Waals surface area contributed by atoms with Gasteiger partial charge in [0.25, 0.3) is 5.91 Å². The third-order valence-electron chi connectivity index (χ3n) is 4.66. The van der Waals surface area contributed by atoms with Gasteiger partial charge in [-0.3, -0.25) is 9.89 Å². The summed E-state index contributed by atoms with van der Waals surface area (Å²) in [6, 6.07) is 7.79. The van der Waals surface area contributed by atoms with Gasteiger partial charge in [0.15, 0.2) is 11.6 Å². The summed E-state index contributed by atoms with van der Waals surface area (Å²) in [6.45, 7) is 3.74. The molecule has 0 bridgehead atoms. The minimum Gasteiger partial charge on any atom is -0.482 e. The maximum atomic E-state index is 13.1. The molecule has 9 heteroatoms. The van der Waals surface area contributed by atoms with Gasteiger partial charge < -0.3 is 25.0 Å². The first-order chi connectivity index (χ1) is 13.4. The van der Waals surface area contributed by atoms with Crippen LogP contribution in [0.3, 0.4) is 0 Å². The molecule has 0 spiro atoms. The topological polar surface area (TPSA) is 119 Å². The molecule has 9 nitrogen and oxygen atoms in total. The molecule has 4 N–H and O–H groups in total. The van der Waals surface area contributed by atoms with Crippen molar-refractivity contribution < 1.29 is 14.6 Å². The minimum absolute atomic E-state index is 0.195. The summed E-state index contributed by atoms with van der Waals surface area (Å²) < 4.78 is 5.41. The Morgan fingerprint density at radius 3 is 2.93 bits per heavy atom. The third kappa shape index (κ3) is 2.89. The Labute approximate surface area is 161 Å². The van der Waals surface area contributed by atoms with Crippen LogP contribution in [0.25, 0.3) is 10.9 Å². The van der Waals surface area contributed by atoms with Crippen LogP contribution in [-0.2, 0) is 0 Å². The van der Waals surface area contributed by atoms with E-state index in [9.17, 15) is 9.90 Å². The van der Waals surface area contributed by atoms with Crippen molar-refractivity contribution in [2.45, 2.75) is 19.4 Å². The largest absolute Gasteiger partial charge is 0.482 e. The number of amides is 1. The fourth-order valence-corrected chi connectivity index (χ4v) is 3.24. The molecule has 3 heterocycles. The highest BCUT2D eigenvalue weighted by atomic mass is 16.5. The number of nitrogens with one attached hydrogen (secondary N) is 3. The number of hydrogen-bond acceptors (Lipinski definition) is 6. The van der Waals surface area contributed by atoms with Crippen molar-refractivity contribution in [1.29, 1.82) is 0 Å². The number of nitrogens with zero attached hydrogens (tertiary/aromatic N) is 3. The zero-order valence-electron chi connectivity index (χ0n) is 15.9. The van der Waals surface area contributed by atoms with E-state index in [2.05, 4.69) is 25.5 Å². The van der Waals surface area contributed by atoms with Gasteiger partial charge in [-0.15, -0.1) is 0 Å². The normalized spacial score (nSPS) is 13.6.